The van der Waals surface area contributed by atoms with Crippen molar-refractivity contribution in [1.82, 2.24) is 15.5 Å². The number of H-pyrrole nitrogens is 1. The van der Waals surface area contributed by atoms with Crippen LogP contribution in [0, 0.1) is 0 Å². The molecule has 2 rings (SSSR count). The predicted molar refractivity (Wildman–Crippen MR) is 77.3 cm³/mol. The molecule has 20 heavy (non-hydrogen) atoms. The van der Waals surface area contributed by atoms with Gasteiger partial charge in [0, 0.05) is 12.1 Å². The maximum atomic E-state index is 11.9. The van der Waals surface area contributed by atoms with Crippen LogP contribution >= 0.6 is 0 Å². The normalized spacial score (nSPS) is 12.1. The zero-order valence-electron chi connectivity index (χ0n) is 11.5. The lowest BCUT2D eigenvalue weighted by Gasteiger charge is -2.07. The minimum absolute atomic E-state index is 0.206. The molecular weight excluding hydrogens is 254 g/mol. The summed E-state index contributed by atoms with van der Waals surface area (Å²) in [6, 6.07) is 11.4. The lowest BCUT2D eigenvalue weighted by atomic mass is 10.1. The first-order chi connectivity index (χ1) is 9.70. The Labute approximate surface area is 118 Å². The summed E-state index contributed by atoms with van der Waals surface area (Å²) in [6.07, 6.45) is 0.886. The van der Waals surface area contributed by atoms with Crippen LogP contribution < -0.4 is 5.32 Å². The maximum Gasteiger partial charge on any atom is 0.269 e. The van der Waals surface area contributed by atoms with Crippen LogP contribution in [0.2, 0.25) is 0 Å². The van der Waals surface area contributed by atoms with E-state index in [-0.39, 0.29) is 12.0 Å². The van der Waals surface area contributed by atoms with Gasteiger partial charge < -0.3 is 10.4 Å². The van der Waals surface area contributed by atoms with Gasteiger partial charge in [-0.15, -0.1) is 0 Å². The summed E-state index contributed by atoms with van der Waals surface area (Å²) >= 11 is 0. The van der Waals surface area contributed by atoms with Crippen molar-refractivity contribution in [1.29, 1.82) is 0 Å². The van der Waals surface area contributed by atoms with E-state index in [9.17, 15) is 9.90 Å². The predicted octanol–water partition coefficient (Wildman–Crippen LogP) is 1.97. The van der Waals surface area contributed by atoms with Crippen LogP contribution in [0.4, 0.5) is 0 Å². The lowest BCUT2D eigenvalue weighted by molar-refractivity contribution is 0.0937. The first-order valence-electron chi connectivity index (χ1n) is 6.77. The van der Waals surface area contributed by atoms with Gasteiger partial charge in [0.25, 0.3) is 5.91 Å². The summed E-state index contributed by atoms with van der Waals surface area (Å²) in [5, 5.41) is 19.0. The van der Waals surface area contributed by atoms with E-state index in [2.05, 4.69) is 15.5 Å². The molecular formula is C15H19N3O2. The molecule has 0 bridgehead atoms. The van der Waals surface area contributed by atoms with Gasteiger partial charge >= 0.3 is 0 Å². The number of rotatable bonds is 6. The zero-order chi connectivity index (χ0) is 14.4. The topological polar surface area (TPSA) is 78.0 Å². The molecule has 5 nitrogen and oxygen atoms in total. The van der Waals surface area contributed by atoms with E-state index >= 15 is 0 Å². The van der Waals surface area contributed by atoms with Crippen LogP contribution in [0.15, 0.2) is 36.4 Å². The quantitative estimate of drug-likeness (QED) is 0.753. The molecule has 1 atom stereocenters. The zero-order valence-corrected chi connectivity index (χ0v) is 11.5. The highest BCUT2D eigenvalue weighted by Crippen LogP contribution is 2.16. The van der Waals surface area contributed by atoms with E-state index in [1.807, 2.05) is 37.3 Å². The lowest BCUT2D eigenvalue weighted by Crippen LogP contribution is -2.27. The van der Waals surface area contributed by atoms with Gasteiger partial charge in [-0.2, -0.15) is 5.10 Å². The molecule has 0 saturated carbocycles. The molecule has 1 amide bonds. The fourth-order valence-electron chi connectivity index (χ4n) is 1.85. The van der Waals surface area contributed by atoms with Crippen molar-refractivity contribution in [3.05, 3.63) is 42.1 Å². The van der Waals surface area contributed by atoms with Crippen LogP contribution in [0.1, 0.15) is 30.3 Å². The number of aliphatic hydroxyl groups is 1. The number of carbonyl (C=O) groups excluding carboxylic acids is 1. The number of carbonyl (C=O) groups is 1. The summed E-state index contributed by atoms with van der Waals surface area (Å²) in [6.45, 7) is 2.36. The third-order valence-electron chi connectivity index (χ3n) is 3.13. The number of aromatic nitrogens is 2. The summed E-state index contributed by atoms with van der Waals surface area (Å²) < 4.78 is 0. The highest BCUT2D eigenvalue weighted by molar-refractivity contribution is 5.93. The van der Waals surface area contributed by atoms with Crippen LogP contribution in [0.25, 0.3) is 11.3 Å². The molecule has 1 heterocycles. The molecule has 0 aliphatic rings. The summed E-state index contributed by atoms with van der Waals surface area (Å²) in [4.78, 5) is 11.9. The highest BCUT2D eigenvalue weighted by Gasteiger charge is 2.11. The van der Waals surface area contributed by atoms with Gasteiger partial charge in [-0.1, -0.05) is 37.3 Å². The first-order valence-corrected chi connectivity index (χ1v) is 6.77. The SMILES string of the molecule is CCC(O)CCNC(=O)c1cc(-c2ccccc2)n[nH]1. The van der Waals surface area contributed by atoms with Crippen LogP contribution in [0.5, 0.6) is 0 Å². The molecule has 0 radical (unpaired) electrons. The molecule has 5 heteroatoms. The van der Waals surface area contributed by atoms with Gasteiger partial charge in [0.15, 0.2) is 0 Å². The molecule has 3 N–H and O–H groups in total. The molecule has 0 fully saturated rings. The molecule has 106 valence electrons. The van der Waals surface area contributed by atoms with Crippen LogP contribution in [-0.2, 0) is 0 Å². The number of nitrogens with one attached hydrogen (secondary N) is 2. The highest BCUT2D eigenvalue weighted by atomic mass is 16.3. The van der Waals surface area contributed by atoms with Gasteiger partial charge in [-0.25, -0.2) is 0 Å². The van der Waals surface area contributed by atoms with E-state index in [4.69, 9.17) is 0 Å². The Hall–Kier alpha value is -2.14. The van der Waals surface area contributed by atoms with Crippen molar-refractivity contribution in [3.8, 4) is 11.3 Å². The van der Waals surface area contributed by atoms with E-state index in [0.717, 1.165) is 11.3 Å². The Morgan fingerprint density at radius 2 is 2.15 bits per heavy atom. The Kier molecular flexibility index (Phi) is 4.90. The average Bonchev–Trinajstić information content (AvgIpc) is 2.97. The largest absolute Gasteiger partial charge is 0.393 e. The van der Waals surface area contributed by atoms with Crippen molar-refractivity contribution in [2.24, 2.45) is 0 Å². The average molecular weight is 273 g/mol. The van der Waals surface area contributed by atoms with Crippen molar-refractivity contribution in [2.45, 2.75) is 25.9 Å². The Bertz CT molecular complexity index is 551. The maximum absolute atomic E-state index is 11.9. The third kappa shape index (κ3) is 3.68. The standard InChI is InChI=1S/C15H19N3O2/c1-2-12(19)8-9-16-15(20)14-10-13(17-18-14)11-6-4-3-5-7-11/h3-7,10,12,19H,2,8-9H2,1H3,(H,16,20)(H,17,18). The molecule has 0 spiro atoms. The van der Waals surface area contributed by atoms with Crippen LogP contribution in [-0.4, -0.2) is 33.9 Å². The summed E-state index contributed by atoms with van der Waals surface area (Å²) in [5.41, 5.74) is 2.13. The van der Waals surface area contributed by atoms with Gasteiger partial charge in [0.05, 0.1) is 11.8 Å². The van der Waals surface area contributed by atoms with Gasteiger partial charge in [-0.05, 0) is 18.9 Å². The smallest absolute Gasteiger partial charge is 0.269 e. The van der Waals surface area contributed by atoms with E-state index in [1.165, 1.54) is 0 Å². The molecule has 0 saturated heterocycles. The second-order valence-corrected chi connectivity index (χ2v) is 4.64. The van der Waals surface area contributed by atoms with E-state index in [1.54, 1.807) is 6.07 Å². The van der Waals surface area contributed by atoms with Gasteiger partial charge in [0.2, 0.25) is 0 Å². The number of amides is 1. The Morgan fingerprint density at radius 3 is 2.85 bits per heavy atom. The third-order valence-corrected chi connectivity index (χ3v) is 3.13. The number of nitrogens with zero attached hydrogens (tertiary/aromatic N) is 1. The van der Waals surface area contributed by atoms with Crippen molar-refractivity contribution < 1.29 is 9.90 Å². The number of aromatic amines is 1. The molecule has 0 aliphatic heterocycles. The molecule has 1 aromatic carbocycles. The first kappa shape index (κ1) is 14.3. The minimum atomic E-state index is -0.364. The van der Waals surface area contributed by atoms with Crippen molar-refractivity contribution in [2.75, 3.05) is 6.54 Å². The monoisotopic (exact) mass is 273 g/mol. The molecule has 1 unspecified atom stereocenters. The Morgan fingerprint density at radius 1 is 1.40 bits per heavy atom. The number of benzene rings is 1. The Balaban J connectivity index is 1.93. The minimum Gasteiger partial charge on any atom is -0.393 e. The van der Waals surface area contributed by atoms with E-state index in [0.29, 0.717) is 25.1 Å². The fourth-order valence-corrected chi connectivity index (χ4v) is 1.85. The number of hydrogen-bond donors (Lipinski definition) is 3. The summed E-state index contributed by atoms with van der Waals surface area (Å²) in [5.74, 6) is -0.206. The van der Waals surface area contributed by atoms with E-state index < -0.39 is 0 Å². The van der Waals surface area contributed by atoms with Crippen LogP contribution in [0.3, 0.4) is 0 Å². The van der Waals surface area contributed by atoms with Gasteiger partial charge in [0.1, 0.15) is 5.69 Å². The fraction of sp³-hybridized carbons (Fsp3) is 0.333. The van der Waals surface area contributed by atoms with Gasteiger partial charge in [-0.3, -0.25) is 9.89 Å². The second-order valence-electron chi connectivity index (χ2n) is 4.64. The second kappa shape index (κ2) is 6.86. The molecule has 2 aromatic rings. The number of hydrogen-bond acceptors (Lipinski definition) is 3. The molecule has 0 aliphatic carbocycles. The molecule has 1 aromatic heterocycles. The summed E-state index contributed by atoms with van der Waals surface area (Å²) in [7, 11) is 0. The number of aliphatic hydroxyl groups excluding tert-OH is 1. The van der Waals surface area contributed by atoms with Crippen molar-refractivity contribution >= 4 is 5.91 Å². The van der Waals surface area contributed by atoms with Crippen molar-refractivity contribution in [3.63, 3.8) is 0 Å².